The van der Waals surface area contributed by atoms with Crippen LogP contribution in [-0.4, -0.2) is 24.0 Å². The van der Waals surface area contributed by atoms with Crippen LogP contribution < -0.4 is 0 Å². The molecule has 0 amide bonds. The predicted octanol–water partition coefficient (Wildman–Crippen LogP) is 5.75. The van der Waals surface area contributed by atoms with Crippen molar-refractivity contribution in [1.82, 2.24) is 0 Å². The van der Waals surface area contributed by atoms with E-state index in [1.807, 2.05) is 0 Å². The number of benzene rings is 2. The van der Waals surface area contributed by atoms with Crippen LogP contribution in [0.1, 0.15) is 62.0 Å². The Balaban J connectivity index is 1.60. The van der Waals surface area contributed by atoms with Gasteiger partial charge in [0.05, 0.1) is 0 Å². The monoisotopic (exact) mass is 390 g/mol. The van der Waals surface area contributed by atoms with Crippen LogP contribution in [0.2, 0.25) is 0 Å². The molecule has 0 bridgehead atoms. The lowest BCUT2D eigenvalue weighted by Crippen LogP contribution is -2.35. The molecular formula is C25H30N2O2. The summed E-state index contributed by atoms with van der Waals surface area (Å²) in [6.45, 7) is 12.5. The van der Waals surface area contributed by atoms with Gasteiger partial charge in [0.25, 0.3) is 0 Å². The summed E-state index contributed by atoms with van der Waals surface area (Å²) < 4.78 is 12.4. The molecule has 4 nitrogen and oxygen atoms in total. The molecule has 2 unspecified atom stereocenters. The van der Waals surface area contributed by atoms with E-state index in [9.17, 15) is 0 Å². The van der Waals surface area contributed by atoms with Crippen molar-refractivity contribution in [3.05, 3.63) is 70.8 Å². The molecule has 29 heavy (non-hydrogen) atoms. The second kappa shape index (κ2) is 7.33. The van der Waals surface area contributed by atoms with Crippen LogP contribution in [0.3, 0.4) is 0 Å². The van der Waals surface area contributed by atoms with Crippen LogP contribution in [0, 0.1) is 19.3 Å². The largest absolute Gasteiger partial charge is 0.475 e. The third-order valence-electron chi connectivity index (χ3n) is 5.90. The molecular weight excluding hydrogens is 360 g/mol. The van der Waals surface area contributed by atoms with Gasteiger partial charge in [0.1, 0.15) is 29.7 Å². The third-order valence-corrected chi connectivity index (χ3v) is 5.90. The van der Waals surface area contributed by atoms with Crippen LogP contribution in [0.5, 0.6) is 0 Å². The van der Waals surface area contributed by atoms with E-state index in [1.165, 1.54) is 22.3 Å². The van der Waals surface area contributed by atoms with Crippen LogP contribution in [0.25, 0.3) is 0 Å². The summed E-state index contributed by atoms with van der Waals surface area (Å²) in [6.07, 6.45) is -0.0291. The van der Waals surface area contributed by atoms with E-state index in [0.717, 1.165) is 0 Å². The summed E-state index contributed by atoms with van der Waals surface area (Å²) in [7, 11) is 0. The average molecular weight is 391 g/mol. The molecule has 0 N–H and O–H groups in total. The Morgan fingerprint density at radius 2 is 1.00 bits per heavy atom. The summed E-state index contributed by atoms with van der Waals surface area (Å²) in [6, 6.07) is 17.0. The molecule has 0 fully saturated rings. The van der Waals surface area contributed by atoms with Crippen molar-refractivity contribution in [2.24, 2.45) is 15.4 Å². The molecule has 152 valence electrons. The summed E-state index contributed by atoms with van der Waals surface area (Å²) >= 11 is 0. The minimum absolute atomic E-state index is 0.00260. The van der Waals surface area contributed by atoms with Crippen molar-refractivity contribution in [1.29, 1.82) is 0 Å². The molecule has 2 aromatic rings. The van der Waals surface area contributed by atoms with Gasteiger partial charge in [0, 0.05) is 0 Å². The van der Waals surface area contributed by atoms with E-state index in [-0.39, 0.29) is 24.3 Å². The van der Waals surface area contributed by atoms with Crippen molar-refractivity contribution in [2.75, 3.05) is 0 Å². The van der Waals surface area contributed by atoms with Gasteiger partial charge in [-0.3, -0.25) is 0 Å². The molecule has 0 saturated heterocycles. The quantitative estimate of drug-likeness (QED) is 0.667. The fourth-order valence-corrected chi connectivity index (χ4v) is 3.93. The second-order valence-corrected chi connectivity index (χ2v) is 8.85. The molecule has 2 aliphatic rings. The Morgan fingerprint density at radius 3 is 1.34 bits per heavy atom. The fourth-order valence-electron chi connectivity index (χ4n) is 3.93. The van der Waals surface area contributed by atoms with Gasteiger partial charge < -0.3 is 9.47 Å². The van der Waals surface area contributed by atoms with E-state index < -0.39 is 5.41 Å². The van der Waals surface area contributed by atoms with Crippen molar-refractivity contribution >= 4 is 11.8 Å². The molecule has 4 rings (SSSR count). The van der Waals surface area contributed by atoms with Crippen LogP contribution in [0.4, 0.5) is 0 Å². The number of hydrogen-bond donors (Lipinski definition) is 0. The zero-order valence-corrected chi connectivity index (χ0v) is 18.1. The van der Waals surface area contributed by atoms with Crippen molar-refractivity contribution in [3.8, 4) is 0 Å². The van der Waals surface area contributed by atoms with E-state index in [0.29, 0.717) is 11.8 Å². The normalized spacial score (nSPS) is 26.6. The Labute approximate surface area is 173 Å². The number of nitrogens with zero attached hydrogens (tertiary/aromatic N) is 2. The van der Waals surface area contributed by atoms with Crippen molar-refractivity contribution in [3.63, 3.8) is 0 Å². The summed E-state index contributed by atoms with van der Waals surface area (Å²) in [4.78, 5) is 9.91. The lowest BCUT2D eigenvalue weighted by Gasteiger charge is -2.24. The van der Waals surface area contributed by atoms with Crippen LogP contribution in [-0.2, 0) is 9.47 Å². The lowest BCUT2D eigenvalue weighted by molar-refractivity contribution is 0.177. The average Bonchev–Trinajstić information content (AvgIpc) is 3.27. The Morgan fingerprint density at radius 1 is 0.655 bits per heavy atom. The predicted molar refractivity (Wildman–Crippen MR) is 118 cm³/mol. The standard InChI is InChI=1S/C25H30N2O2/c1-15-7-11-19(12-8-15)21-17(3)28-23(26-21)25(5,6)24-27-22(18(4)29-24)20-13-9-16(2)10-14-20/h7-14,17-18,21-22H,1-6H3/t17?,18?,21-,22-/m1/s1. The number of aliphatic imine (C=N–C) groups is 2. The van der Waals surface area contributed by atoms with Crippen LogP contribution >= 0.6 is 0 Å². The second-order valence-electron chi connectivity index (χ2n) is 8.85. The highest BCUT2D eigenvalue weighted by atomic mass is 16.5. The maximum Gasteiger partial charge on any atom is 0.199 e. The maximum atomic E-state index is 6.22. The van der Waals surface area contributed by atoms with Crippen molar-refractivity contribution in [2.45, 2.75) is 65.8 Å². The van der Waals surface area contributed by atoms with Crippen molar-refractivity contribution < 1.29 is 9.47 Å². The smallest absolute Gasteiger partial charge is 0.199 e. The molecule has 2 heterocycles. The van der Waals surface area contributed by atoms with Crippen LogP contribution in [0.15, 0.2) is 58.5 Å². The zero-order chi connectivity index (χ0) is 20.8. The first-order valence-electron chi connectivity index (χ1n) is 10.4. The molecule has 0 saturated carbocycles. The summed E-state index contributed by atoms with van der Waals surface area (Å²) in [5, 5.41) is 0. The van der Waals surface area contributed by atoms with E-state index >= 15 is 0 Å². The Kier molecular flexibility index (Phi) is 4.97. The van der Waals surface area contributed by atoms with Gasteiger partial charge in [0.2, 0.25) is 0 Å². The molecule has 2 aromatic carbocycles. The topological polar surface area (TPSA) is 43.2 Å². The van der Waals surface area contributed by atoms with Gasteiger partial charge in [0.15, 0.2) is 11.8 Å². The first kappa shape index (κ1) is 19.7. The Hall–Kier alpha value is -2.62. The van der Waals surface area contributed by atoms with Gasteiger partial charge in [-0.15, -0.1) is 0 Å². The number of ether oxygens (including phenoxy) is 2. The highest BCUT2D eigenvalue weighted by Gasteiger charge is 2.45. The summed E-state index contributed by atoms with van der Waals surface area (Å²) in [5.41, 5.74) is 4.33. The van der Waals surface area contributed by atoms with Gasteiger partial charge in [-0.2, -0.15) is 0 Å². The fraction of sp³-hybridized carbons (Fsp3) is 0.440. The van der Waals surface area contributed by atoms with E-state index in [4.69, 9.17) is 19.5 Å². The van der Waals surface area contributed by atoms with E-state index in [1.54, 1.807) is 0 Å². The van der Waals surface area contributed by atoms with E-state index in [2.05, 4.69) is 90.1 Å². The third kappa shape index (κ3) is 3.68. The van der Waals surface area contributed by atoms with Gasteiger partial charge in [-0.05, 0) is 52.7 Å². The Bertz CT molecular complexity index is 864. The molecule has 0 spiro atoms. The molecule has 0 radical (unpaired) electrons. The highest BCUT2D eigenvalue weighted by molar-refractivity contribution is 6.05. The minimum Gasteiger partial charge on any atom is -0.475 e. The summed E-state index contributed by atoms with van der Waals surface area (Å²) in [5.74, 6) is 1.40. The molecule has 0 aromatic heterocycles. The first-order valence-corrected chi connectivity index (χ1v) is 10.4. The SMILES string of the molecule is Cc1ccc([C@@H]2N=C(C(C)(C)C3=N[C@@H](c4ccc(C)cc4)C(C)O3)OC2C)cc1. The zero-order valence-electron chi connectivity index (χ0n) is 18.1. The highest BCUT2D eigenvalue weighted by Crippen LogP contribution is 2.39. The lowest BCUT2D eigenvalue weighted by atomic mass is 9.93. The van der Waals surface area contributed by atoms with Gasteiger partial charge in [-0.1, -0.05) is 59.7 Å². The van der Waals surface area contributed by atoms with Gasteiger partial charge in [-0.25, -0.2) is 9.98 Å². The maximum absolute atomic E-state index is 6.22. The molecule has 4 atom stereocenters. The molecule has 0 aliphatic carbocycles. The molecule has 2 aliphatic heterocycles. The van der Waals surface area contributed by atoms with Gasteiger partial charge >= 0.3 is 0 Å². The minimum atomic E-state index is -0.512. The first-order chi connectivity index (χ1) is 13.8. The number of hydrogen-bond acceptors (Lipinski definition) is 4. The number of rotatable bonds is 4. The number of aryl methyl sites for hydroxylation is 2. The molecule has 4 heteroatoms.